The maximum Gasteiger partial charge on any atom is 0.339 e. The van der Waals surface area contributed by atoms with E-state index in [2.05, 4.69) is 30.6 Å². The Morgan fingerprint density at radius 2 is 1.46 bits per heavy atom. The smallest absolute Gasteiger partial charge is 0.339 e. The SMILES string of the molecule is C=P(c1ccccc1)(c1ccccc1)c1cccc(C(=O)OCC)c1Cl. The zero-order valence-electron chi connectivity index (χ0n) is 14.6. The van der Waals surface area contributed by atoms with E-state index in [4.69, 9.17) is 16.3 Å². The third-order valence-electron chi connectivity index (χ3n) is 4.28. The van der Waals surface area contributed by atoms with E-state index < -0.39 is 12.9 Å². The van der Waals surface area contributed by atoms with Crippen molar-refractivity contribution in [3.05, 3.63) is 89.4 Å². The Bertz CT molecular complexity index is 909. The molecule has 0 bridgehead atoms. The lowest BCUT2D eigenvalue weighted by atomic mass is 10.2. The van der Waals surface area contributed by atoms with E-state index in [0.717, 1.165) is 15.9 Å². The molecule has 0 heterocycles. The number of benzene rings is 3. The van der Waals surface area contributed by atoms with Crippen molar-refractivity contribution < 1.29 is 9.53 Å². The van der Waals surface area contributed by atoms with Crippen LogP contribution < -0.4 is 15.9 Å². The summed E-state index contributed by atoms with van der Waals surface area (Å²) in [7, 11) is 0. The fourth-order valence-electron chi connectivity index (χ4n) is 2.97. The summed E-state index contributed by atoms with van der Waals surface area (Å²) in [6, 6.07) is 25.8. The van der Waals surface area contributed by atoms with Crippen molar-refractivity contribution in [3.63, 3.8) is 0 Å². The van der Waals surface area contributed by atoms with Crippen molar-refractivity contribution in [2.45, 2.75) is 6.92 Å². The molecule has 132 valence electrons. The topological polar surface area (TPSA) is 26.3 Å². The maximum atomic E-state index is 12.3. The summed E-state index contributed by atoms with van der Waals surface area (Å²) in [5.74, 6) is -0.410. The molecule has 0 N–H and O–H groups in total. The molecule has 0 saturated carbocycles. The molecular weight excluding hydrogens is 363 g/mol. The number of carbonyl (C=O) groups is 1. The molecule has 3 aromatic carbocycles. The second-order valence-corrected chi connectivity index (χ2v) is 9.35. The molecule has 0 aliphatic heterocycles. The first-order chi connectivity index (χ1) is 12.6. The van der Waals surface area contributed by atoms with Gasteiger partial charge < -0.3 is 4.74 Å². The lowest BCUT2D eigenvalue weighted by Crippen LogP contribution is -2.27. The van der Waals surface area contributed by atoms with Gasteiger partial charge in [0.15, 0.2) is 0 Å². The molecule has 0 unspecified atom stereocenters. The molecule has 3 rings (SSSR count). The molecule has 0 fully saturated rings. The summed E-state index contributed by atoms with van der Waals surface area (Å²) in [6.45, 7) is -0.152. The monoisotopic (exact) mass is 382 g/mol. The molecule has 0 saturated heterocycles. The quantitative estimate of drug-likeness (QED) is 0.487. The maximum absolute atomic E-state index is 12.3. The minimum atomic E-state index is -2.24. The van der Waals surface area contributed by atoms with E-state index >= 15 is 0 Å². The van der Waals surface area contributed by atoms with Gasteiger partial charge in [0.1, 0.15) is 0 Å². The van der Waals surface area contributed by atoms with Crippen molar-refractivity contribution in [2.24, 2.45) is 0 Å². The van der Waals surface area contributed by atoms with Gasteiger partial charge in [-0.25, -0.2) is 4.79 Å². The minimum Gasteiger partial charge on any atom is -0.462 e. The van der Waals surface area contributed by atoms with E-state index in [1.165, 1.54) is 0 Å². The van der Waals surface area contributed by atoms with Crippen molar-refractivity contribution in [1.29, 1.82) is 0 Å². The Hall–Kier alpha value is -2.28. The fourth-order valence-corrected chi connectivity index (χ4v) is 6.62. The number of halogens is 1. The molecular formula is C22H20ClO2P. The van der Waals surface area contributed by atoms with Crippen LogP contribution in [0.1, 0.15) is 17.3 Å². The van der Waals surface area contributed by atoms with Crippen LogP contribution in [0.4, 0.5) is 0 Å². The second-order valence-electron chi connectivity index (χ2n) is 5.84. The molecule has 0 aliphatic carbocycles. The highest BCUT2D eigenvalue weighted by molar-refractivity contribution is 7.93. The van der Waals surface area contributed by atoms with Crippen molar-refractivity contribution in [2.75, 3.05) is 6.61 Å². The predicted octanol–water partition coefficient (Wildman–Crippen LogP) is 4.24. The lowest BCUT2D eigenvalue weighted by molar-refractivity contribution is 0.0526. The van der Waals surface area contributed by atoms with Crippen LogP contribution in [-0.4, -0.2) is 18.9 Å². The van der Waals surface area contributed by atoms with Gasteiger partial charge in [-0.05, 0) is 30.5 Å². The Labute approximate surface area is 159 Å². The van der Waals surface area contributed by atoms with Gasteiger partial charge in [0, 0.05) is 5.30 Å². The predicted molar refractivity (Wildman–Crippen MR) is 113 cm³/mol. The third-order valence-corrected chi connectivity index (χ3v) is 8.37. The van der Waals surface area contributed by atoms with Crippen LogP contribution in [0.5, 0.6) is 0 Å². The third kappa shape index (κ3) is 3.35. The average Bonchev–Trinajstić information content (AvgIpc) is 2.69. The van der Waals surface area contributed by atoms with Gasteiger partial charge in [0.2, 0.25) is 0 Å². The number of rotatable bonds is 5. The van der Waals surface area contributed by atoms with Gasteiger partial charge >= 0.3 is 5.97 Å². The first-order valence-corrected chi connectivity index (χ1v) is 10.7. The largest absolute Gasteiger partial charge is 0.462 e. The van der Waals surface area contributed by atoms with Crippen molar-refractivity contribution in [1.82, 2.24) is 0 Å². The summed E-state index contributed by atoms with van der Waals surface area (Å²) >= 11 is 6.71. The zero-order valence-corrected chi connectivity index (χ0v) is 16.2. The van der Waals surface area contributed by atoms with E-state index in [-0.39, 0.29) is 0 Å². The summed E-state index contributed by atoms with van der Waals surface area (Å²) in [4.78, 5) is 12.3. The highest BCUT2D eigenvalue weighted by Gasteiger charge is 2.27. The first kappa shape index (κ1) is 18.5. The Morgan fingerprint density at radius 3 is 1.96 bits per heavy atom. The number of hydrogen-bond acceptors (Lipinski definition) is 2. The van der Waals surface area contributed by atoms with Gasteiger partial charge in [-0.1, -0.05) is 90.7 Å². The molecule has 0 radical (unpaired) electrons. The van der Waals surface area contributed by atoms with E-state index in [1.807, 2.05) is 48.5 Å². The average molecular weight is 383 g/mol. The number of ether oxygens (including phenoxy) is 1. The number of carbonyl (C=O) groups excluding carboxylic acids is 1. The first-order valence-electron chi connectivity index (χ1n) is 8.40. The van der Waals surface area contributed by atoms with Crippen LogP contribution in [0.15, 0.2) is 78.9 Å². The van der Waals surface area contributed by atoms with Crippen LogP contribution in [-0.2, 0) is 4.74 Å². The molecule has 0 aliphatic rings. The summed E-state index contributed by atoms with van der Waals surface area (Å²) < 4.78 is 5.16. The van der Waals surface area contributed by atoms with Crippen LogP contribution in [0.2, 0.25) is 5.02 Å². The Morgan fingerprint density at radius 1 is 0.923 bits per heavy atom. The number of hydrogen-bond donors (Lipinski definition) is 0. The Kier molecular flexibility index (Phi) is 5.66. The highest BCUT2D eigenvalue weighted by atomic mass is 35.5. The van der Waals surface area contributed by atoms with E-state index in [0.29, 0.717) is 17.2 Å². The standard InChI is InChI=1S/C22H20ClO2P/c1-3-25-22(24)19-15-10-16-20(21(19)23)26(2,17-11-6-4-7-12-17)18-13-8-5-9-14-18/h4-16H,2-3H2,1H3. The molecule has 0 amide bonds. The molecule has 0 aromatic heterocycles. The molecule has 0 atom stereocenters. The van der Waals surface area contributed by atoms with Crippen LogP contribution >= 0.6 is 18.5 Å². The molecule has 3 aromatic rings. The molecule has 2 nitrogen and oxygen atoms in total. The fraction of sp³-hybridized carbons (Fsp3) is 0.0909. The molecule has 4 heteroatoms. The second kappa shape index (κ2) is 7.95. The van der Waals surface area contributed by atoms with Gasteiger partial charge in [0.25, 0.3) is 0 Å². The molecule has 0 spiro atoms. The van der Waals surface area contributed by atoms with Crippen molar-refractivity contribution in [3.8, 4) is 0 Å². The summed E-state index contributed by atoms with van der Waals surface area (Å²) in [5, 5.41) is 3.51. The van der Waals surface area contributed by atoms with E-state index in [1.54, 1.807) is 13.0 Å². The van der Waals surface area contributed by atoms with Crippen LogP contribution in [0, 0.1) is 0 Å². The van der Waals surface area contributed by atoms with Gasteiger partial charge in [-0.3, -0.25) is 0 Å². The van der Waals surface area contributed by atoms with Gasteiger partial charge in [-0.15, -0.1) is 0 Å². The van der Waals surface area contributed by atoms with Gasteiger partial charge in [0.05, 0.1) is 17.2 Å². The molecule has 26 heavy (non-hydrogen) atoms. The highest BCUT2D eigenvalue weighted by Crippen LogP contribution is 2.44. The normalized spacial score (nSPS) is 11.2. The van der Waals surface area contributed by atoms with Crippen molar-refractivity contribution >= 4 is 46.7 Å². The Balaban J connectivity index is 2.27. The van der Waals surface area contributed by atoms with Crippen LogP contribution in [0.25, 0.3) is 0 Å². The summed E-state index contributed by atoms with van der Waals surface area (Å²) in [6.07, 6.45) is 4.66. The van der Waals surface area contributed by atoms with E-state index in [9.17, 15) is 4.79 Å². The minimum absolute atomic E-state index is 0.307. The lowest BCUT2D eigenvalue weighted by Gasteiger charge is -2.28. The van der Waals surface area contributed by atoms with Crippen LogP contribution in [0.3, 0.4) is 0 Å². The number of esters is 1. The van der Waals surface area contributed by atoms with Gasteiger partial charge in [-0.2, -0.15) is 0 Å². The zero-order chi connectivity index (χ0) is 18.6. The summed E-state index contributed by atoms with van der Waals surface area (Å²) in [5.41, 5.74) is 0.380.